The van der Waals surface area contributed by atoms with Crippen LogP contribution in [0.1, 0.15) is 17.2 Å². The Labute approximate surface area is 139 Å². The number of phenols is 2. The molecule has 0 bridgehead atoms. The van der Waals surface area contributed by atoms with Crippen molar-refractivity contribution in [2.24, 2.45) is 4.99 Å². The number of nitrogens with one attached hydrogen (secondary N) is 1. The Bertz CT molecular complexity index is 934. The largest absolute Gasteiger partial charge is 0.508 e. The van der Waals surface area contributed by atoms with Gasteiger partial charge in [0, 0.05) is 11.1 Å². The van der Waals surface area contributed by atoms with Crippen LogP contribution in [0.2, 0.25) is 0 Å². The van der Waals surface area contributed by atoms with Gasteiger partial charge in [-0.05, 0) is 30.3 Å². The van der Waals surface area contributed by atoms with Gasteiger partial charge in [0.15, 0.2) is 0 Å². The summed E-state index contributed by atoms with van der Waals surface area (Å²) in [6, 6.07) is 21.7. The summed E-state index contributed by atoms with van der Waals surface area (Å²) in [6.07, 6.45) is 0. The third kappa shape index (κ3) is 2.38. The highest BCUT2D eigenvalue weighted by Crippen LogP contribution is 2.40. The topological polar surface area (TPSA) is 64.9 Å². The fourth-order valence-electron chi connectivity index (χ4n) is 2.97. The highest BCUT2D eigenvalue weighted by molar-refractivity contribution is 6.11. The summed E-state index contributed by atoms with van der Waals surface area (Å²) in [5, 5.41) is 24.0. The number of hydrogen-bond acceptors (Lipinski definition) is 4. The predicted octanol–water partition coefficient (Wildman–Crippen LogP) is 4.39. The van der Waals surface area contributed by atoms with Crippen molar-refractivity contribution in [3.05, 3.63) is 83.9 Å². The van der Waals surface area contributed by atoms with Crippen molar-refractivity contribution in [1.29, 1.82) is 0 Å². The normalized spacial score (nSPS) is 16.0. The minimum absolute atomic E-state index is 0.165. The van der Waals surface area contributed by atoms with E-state index in [1.807, 2.05) is 48.5 Å². The molecule has 1 heterocycles. The number of para-hydroxylation sites is 4. The zero-order valence-corrected chi connectivity index (χ0v) is 12.8. The van der Waals surface area contributed by atoms with E-state index in [1.54, 1.807) is 24.3 Å². The van der Waals surface area contributed by atoms with Gasteiger partial charge in [-0.25, -0.2) is 4.99 Å². The minimum atomic E-state index is -0.352. The van der Waals surface area contributed by atoms with E-state index in [9.17, 15) is 10.2 Å². The highest BCUT2D eigenvalue weighted by atomic mass is 16.3. The number of hydrogen-bond donors (Lipinski definition) is 3. The first kappa shape index (κ1) is 14.3. The summed E-state index contributed by atoms with van der Waals surface area (Å²) in [5.74, 6) is 0.357. The average Bonchev–Trinajstić information content (AvgIpc) is 2.62. The van der Waals surface area contributed by atoms with Gasteiger partial charge >= 0.3 is 0 Å². The van der Waals surface area contributed by atoms with Crippen LogP contribution in [-0.2, 0) is 0 Å². The van der Waals surface area contributed by atoms with Gasteiger partial charge in [-0.15, -0.1) is 0 Å². The molecule has 0 radical (unpaired) electrons. The fourth-order valence-corrected chi connectivity index (χ4v) is 2.97. The Morgan fingerprint density at radius 2 is 1.42 bits per heavy atom. The first-order valence-electron chi connectivity index (χ1n) is 7.74. The second kappa shape index (κ2) is 5.74. The van der Waals surface area contributed by atoms with E-state index >= 15 is 0 Å². The molecule has 1 unspecified atom stereocenters. The lowest BCUT2D eigenvalue weighted by Gasteiger charge is -2.28. The summed E-state index contributed by atoms with van der Waals surface area (Å²) < 4.78 is 0. The molecule has 4 heteroatoms. The number of rotatable bonds is 2. The van der Waals surface area contributed by atoms with E-state index in [0.29, 0.717) is 16.8 Å². The molecule has 0 saturated carbocycles. The van der Waals surface area contributed by atoms with E-state index in [2.05, 4.69) is 5.32 Å². The van der Waals surface area contributed by atoms with Gasteiger partial charge in [-0.1, -0.05) is 42.5 Å². The van der Waals surface area contributed by atoms with Crippen LogP contribution >= 0.6 is 0 Å². The van der Waals surface area contributed by atoms with Gasteiger partial charge in [0.25, 0.3) is 0 Å². The molecule has 3 N–H and O–H groups in total. The molecule has 0 aliphatic carbocycles. The van der Waals surface area contributed by atoms with Crippen LogP contribution in [0.3, 0.4) is 0 Å². The number of aromatic hydroxyl groups is 2. The Morgan fingerprint density at radius 1 is 0.750 bits per heavy atom. The Hall–Kier alpha value is -3.27. The molecule has 24 heavy (non-hydrogen) atoms. The van der Waals surface area contributed by atoms with Crippen molar-refractivity contribution in [3.8, 4) is 11.5 Å². The first-order valence-corrected chi connectivity index (χ1v) is 7.74. The van der Waals surface area contributed by atoms with Gasteiger partial charge in [0.2, 0.25) is 0 Å². The molecule has 1 aliphatic rings. The molecule has 118 valence electrons. The van der Waals surface area contributed by atoms with Gasteiger partial charge in [0.05, 0.1) is 23.1 Å². The molecule has 4 nitrogen and oxygen atoms in total. The molecule has 3 aromatic rings. The van der Waals surface area contributed by atoms with Crippen molar-refractivity contribution in [2.75, 3.05) is 5.32 Å². The molecule has 0 spiro atoms. The molecule has 3 aromatic carbocycles. The van der Waals surface area contributed by atoms with E-state index in [-0.39, 0.29) is 17.5 Å². The quantitative estimate of drug-likeness (QED) is 0.657. The van der Waals surface area contributed by atoms with Gasteiger partial charge in [0.1, 0.15) is 11.5 Å². The van der Waals surface area contributed by atoms with Crippen LogP contribution in [0.25, 0.3) is 0 Å². The first-order chi connectivity index (χ1) is 11.7. The highest BCUT2D eigenvalue weighted by Gasteiger charge is 2.28. The van der Waals surface area contributed by atoms with Crippen LogP contribution in [0.15, 0.2) is 77.8 Å². The summed E-state index contributed by atoms with van der Waals surface area (Å²) in [6.45, 7) is 0. The molecule has 0 fully saturated rings. The maximum absolute atomic E-state index is 10.3. The van der Waals surface area contributed by atoms with Crippen LogP contribution < -0.4 is 5.32 Å². The number of nitrogens with zero attached hydrogens (tertiary/aromatic N) is 1. The zero-order chi connectivity index (χ0) is 16.5. The maximum Gasteiger partial charge on any atom is 0.124 e. The van der Waals surface area contributed by atoms with Crippen molar-refractivity contribution in [1.82, 2.24) is 0 Å². The number of fused-ring (bicyclic) bond motifs is 1. The van der Waals surface area contributed by atoms with Crippen molar-refractivity contribution in [2.45, 2.75) is 6.04 Å². The van der Waals surface area contributed by atoms with Gasteiger partial charge < -0.3 is 15.5 Å². The number of aliphatic imine (C=N–C) groups is 1. The summed E-state index contributed by atoms with van der Waals surface area (Å²) in [5.41, 5.74) is 3.74. The second-order valence-electron chi connectivity index (χ2n) is 5.67. The SMILES string of the molecule is Oc1ccccc1C1=Nc2ccccc2NC1c1ccccc1O. The molecular formula is C20H16N2O2. The molecule has 1 atom stereocenters. The summed E-state index contributed by atoms with van der Waals surface area (Å²) >= 11 is 0. The Kier molecular flexibility index (Phi) is 3.43. The van der Waals surface area contributed by atoms with Crippen LogP contribution in [-0.4, -0.2) is 15.9 Å². The molecule has 0 amide bonds. The van der Waals surface area contributed by atoms with Crippen molar-refractivity contribution in [3.63, 3.8) is 0 Å². The maximum atomic E-state index is 10.3. The third-order valence-corrected chi connectivity index (χ3v) is 4.15. The zero-order valence-electron chi connectivity index (χ0n) is 12.8. The fraction of sp³-hybridized carbons (Fsp3) is 0.0500. The van der Waals surface area contributed by atoms with E-state index in [4.69, 9.17) is 4.99 Å². The molecule has 0 saturated heterocycles. The molecular weight excluding hydrogens is 300 g/mol. The van der Waals surface area contributed by atoms with E-state index < -0.39 is 0 Å². The summed E-state index contributed by atoms with van der Waals surface area (Å²) in [7, 11) is 0. The van der Waals surface area contributed by atoms with Crippen molar-refractivity contribution >= 4 is 17.1 Å². The third-order valence-electron chi connectivity index (χ3n) is 4.15. The van der Waals surface area contributed by atoms with Gasteiger partial charge in [-0.2, -0.15) is 0 Å². The van der Waals surface area contributed by atoms with Crippen LogP contribution in [0.5, 0.6) is 11.5 Å². The molecule has 4 rings (SSSR count). The minimum Gasteiger partial charge on any atom is -0.508 e. The molecule has 1 aliphatic heterocycles. The Morgan fingerprint density at radius 3 is 2.21 bits per heavy atom. The monoisotopic (exact) mass is 316 g/mol. The standard InChI is InChI=1S/C20H16N2O2/c23-17-11-5-1-7-13(17)19-20(14-8-2-6-12-18(14)24)22-16-10-4-3-9-15(16)21-19/h1-12,19,21,23-24H. The lowest BCUT2D eigenvalue weighted by Crippen LogP contribution is -2.25. The lowest BCUT2D eigenvalue weighted by molar-refractivity contribution is 0.466. The lowest BCUT2D eigenvalue weighted by atomic mass is 9.93. The second-order valence-corrected chi connectivity index (χ2v) is 5.67. The number of phenolic OH excluding ortho intramolecular Hbond substituents is 2. The number of anilines is 1. The van der Waals surface area contributed by atoms with E-state index in [0.717, 1.165) is 11.4 Å². The van der Waals surface area contributed by atoms with Crippen LogP contribution in [0, 0.1) is 0 Å². The van der Waals surface area contributed by atoms with Gasteiger partial charge in [-0.3, -0.25) is 0 Å². The summed E-state index contributed by atoms with van der Waals surface area (Å²) in [4.78, 5) is 4.76. The predicted molar refractivity (Wildman–Crippen MR) is 95.2 cm³/mol. The smallest absolute Gasteiger partial charge is 0.124 e. The number of benzene rings is 3. The molecule has 0 aromatic heterocycles. The Balaban J connectivity index is 1.93. The van der Waals surface area contributed by atoms with E-state index in [1.165, 1.54) is 0 Å². The van der Waals surface area contributed by atoms with Crippen LogP contribution in [0.4, 0.5) is 11.4 Å². The van der Waals surface area contributed by atoms with Crippen molar-refractivity contribution < 1.29 is 10.2 Å². The average molecular weight is 316 g/mol.